The fraction of sp³-hybridized carbons (Fsp3) is 0.143. The van der Waals surface area contributed by atoms with E-state index in [1.54, 1.807) is 12.1 Å². The summed E-state index contributed by atoms with van der Waals surface area (Å²) in [4.78, 5) is 10.2. The first-order valence-electron chi connectivity index (χ1n) is 5.80. The Bertz CT molecular complexity index is 630. The molecule has 104 valence electrons. The molecule has 20 heavy (non-hydrogen) atoms. The van der Waals surface area contributed by atoms with E-state index in [0.717, 1.165) is 0 Å². The number of para-hydroxylation sites is 1. The maximum Gasteiger partial charge on any atom is 0.270 e. The van der Waals surface area contributed by atoms with E-state index in [9.17, 15) is 14.5 Å². The molecule has 5 nitrogen and oxygen atoms in total. The van der Waals surface area contributed by atoms with Gasteiger partial charge in [-0.05, 0) is 18.2 Å². The van der Waals surface area contributed by atoms with Crippen molar-refractivity contribution in [3.05, 3.63) is 64.0 Å². The van der Waals surface area contributed by atoms with Gasteiger partial charge in [-0.25, -0.2) is 4.39 Å². The normalized spacial score (nSPS) is 10.1. The van der Waals surface area contributed by atoms with Crippen LogP contribution in [0.3, 0.4) is 0 Å². The summed E-state index contributed by atoms with van der Waals surface area (Å²) in [6, 6.07) is 10.1. The van der Waals surface area contributed by atoms with E-state index in [1.165, 1.54) is 37.4 Å². The Morgan fingerprint density at radius 2 is 1.95 bits per heavy atom. The number of rotatable bonds is 5. The molecule has 0 heterocycles. The zero-order valence-corrected chi connectivity index (χ0v) is 10.7. The van der Waals surface area contributed by atoms with Crippen LogP contribution in [0.15, 0.2) is 42.5 Å². The number of non-ortho nitro benzene ring substituents is 1. The van der Waals surface area contributed by atoms with Crippen molar-refractivity contribution >= 4 is 5.69 Å². The number of nitrogens with zero attached hydrogens (tertiary/aromatic N) is 1. The van der Waals surface area contributed by atoms with Crippen LogP contribution in [-0.4, -0.2) is 12.0 Å². The van der Waals surface area contributed by atoms with Gasteiger partial charge in [0.25, 0.3) is 5.69 Å². The standard InChI is InChI=1S/C14H12FNO4/c1-19-13-7-6-11(16(17)18)8-10(13)9-20-14-5-3-2-4-12(14)15/h2-8H,9H2,1H3. The molecule has 0 amide bonds. The van der Waals surface area contributed by atoms with E-state index in [0.29, 0.717) is 11.3 Å². The lowest BCUT2D eigenvalue weighted by molar-refractivity contribution is -0.385. The molecule has 0 aliphatic rings. The topological polar surface area (TPSA) is 61.6 Å². The molecule has 0 N–H and O–H groups in total. The molecule has 0 bridgehead atoms. The Balaban J connectivity index is 2.22. The van der Waals surface area contributed by atoms with Gasteiger partial charge in [0.2, 0.25) is 0 Å². The third kappa shape index (κ3) is 3.03. The monoisotopic (exact) mass is 277 g/mol. The van der Waals surface area contributed by atoms with Gasteiger partial charge in [0.1, 0.15) is 12.4 Å². The number of nitro benzene ring substituents is 1. The van der Waals surface area contributed by atoms with Crippen LogP contribution in [0.2, 0.25) is 0 Å². The summed E-state index contributed by atoms with van der Waals surface area (Å²) in [5, 5.41) is 10.7. The summed E-state index contributed by atoms with van der Waals surface area (Å²) in [5.74, 6) is 0.0462. The number of nitro groups is 1. The second kappa shape index (κ2) is 6.01. The van der Waals surface area contributed by atoms with Crippen LogP contribution in [0.25, 0.3) is 0 Å². The van der Waals surface area contributed by atoms with Crippen molar-refractivity contribution in [3.8, 4) is 11.5 Å². The van der Waals surface area contributed by atoms with Gasteiger partial charge in [-0.1, -0.05) is 12.1 Å². The smallest absolute Gasteiger partial charge is 0.270 e. The van der Waals surface area contributed by atoms with E-state index in [-0.39, 0.29) is 18.0 Å². The fourth-order valence-corrected chi connectivity index (χ4v) is 1.71. The zero-order chi connectivity index (χ0) is 14.5. The Kier molecular flexibility index (Phi) is 4.14. The maximum atomic E-state index is 13.4. The average molecular weight is 277 g/mol. The summed E-state index contributed by atoms with van der Waals surface area (Å²) in [5.41, 5.74) is 0.405. The van der Waals surface area contributed by atoms with Crippen LogP contribution < -0.4 is 9.47 Å². The van der Waals surface area contributed by atoms with Crippen LogP contribution in [0.5, 0.6) is 11.5 Å². The van der Waals surface area contributed by atoms with Crippen molar-refractivity contribution in [2.24, 2.45) is 0 Å². The van der Waals surface area contributed by atoms with Crippen molar-refractivity contribution in [3.63, 3.8) is 0 Å². The second-order valence-electron chi connectivity index (χ2n) is 3.97. The van der Waals surface area contributed by atoms with Crippen molar-refractivity contribution in [2.75, 3.05) is 7.11 Å². The van der Waals surface area contributed by atoms with E-state index in [4.69, 9.17) is 9.47 Å². The molecule has 0 spiro atoms. The molecule has 0 atom stereocenters. The predicted molar refractivity (Wildman–Crippen MR) is 70.4 cm³/mol. The molecule has 6 heteroatoms. The van der Waals surface area contributed by atoms with Crippen LogP contribution >= 0.6 is 0 Å². The molecule has 2 aromatic carbocycles. The highest BCUT2D eigenvalue weighted by atomic mass is 19.1. The Morgan fingerprint density at radius 3 is 2.60 bits per heavy atom. The quantitative estimate of drug-likeness (QED) is 0.621. The lowest BCUT2D eigenvalue weighted by Gasteiger charge is -2.10. The molecule has 0 saturated heterocycles. The Labute approximate surface area is 114 Å². The van der Waals surface area contributed by atoms with Gasteiger partial charge < -0.3 is 9.47 Å². The molecule has 0 fully saturated rings. The van der Waals surface area contributed by atoms with Crippen LogP contribution in [0.4, 0.5) is 10.1 Å². The van der Waals surface area contributed by atoms with E-state index in [1.807, 2.05) is 0 Å². The minimum atomic E-state index is -0.508. The molecular formula is C14H12FNO4. The number of hydrogen-bond acceptors (Lipinski definition) is 4. The highest BCUT2D eigenvalue weighted by molar-refractivity contribution is 5.43. The molecule has 0 aromatic heterocycles. The zero-order valence-electron chi connectivity index (χ0n) is 10.7. The fourth-order valence-electron chi connectivity index (χ4n) is 1.71. The van der Waals surface area contributed by atoms with Crippen molar-refractivity contribution in [1.29, 1.82) is 0 Å². The third-order valence-electron chi connectivity index (χ3n) is 2.69. The van der Waals surface area contributed by atoms with E-state index in [2.05, 4.69) is 0 Å². The largest absolute Gasteiger partial charge is 0.496 e. The number of ether oxygens (including phenoxy) is 2. The van der Waals surface area contributed by atoms with Gasteiger partial charge in [-0.3, -0.25) is 10.1 Å². The lowest BCUT2D eigenvalue weighted by Crippen LogP contribution is -2.01. The molecule has 0 saturated carbocycles. The summed E-state index contributed by atoms with van der Waals surface area (Å²) in [6.45, 7) is -0.0220. The van der Waals surface area contributed by atoms with E-state index < -0.39 is 10.7 Å². The second-order valence-corrected chi connectivity index (χ2v) is 3.97. The van der Waals surface area contributed by atoms with Gasteiger partial charge in [0.05, 0.1) is 12.0 Å². The van der Waals surface area contributed by atoms with E-state index >= 15 is 0 Å². The summed E-state index contributed by atoms with van der Waals surface area (Å²) >= 11 is 0. The molecule has 0 unspecified atom stereocenters. The predicted octanol–water partition coefficient (Wildman–Crippen LogP) is 3.32. The van der Waals surface area contributed by atoms with Gasteiger partial charge in [-0.2, -0.15) is 0 Å². The van der Waals surface area contributed by atoms with Crippen LogP contribution in [0, 0.1) is 15.9 Å². The number of methoxy groups -OCH3 is 1. The van der Waals surface area contributed by atoms with Crippen LogP contribution in [0.1, 0.15) is 5.56 Å². The number of hydrogen-bond donors (Lipinski definition) is 0. The number of benzene rings is 2. The summed E-state index contributed by atoms with van der Waals surface area (Å²) in [7, 11) is 1.45. The third-order valence-corrected chi connectivity index (χ3v) is 2.69. The molecule has 0 radical (unpaired) electrons. The van der Waals surface area contributed by atoms with Gasteiger partial charge >= 0.3 is 0 Å². The maximum absolute atomic E-state index is 13.4. The van der Waals surface area contributed by atoms with Crippen LogP contribution in [-0.2, 0) is 6.61 Å². The first-order valence-corrected chi connectivity index (χ1v) is 5.80. The summed E-state index contributed by atoms with van der Waals surface area (Å²) in [6.07, 6.45) is 0. The highest BCUT2D eigenvalue weighted by Gasteiger charge is 2.12. The average Bonchev–Trinajstić information content (AvgIpc) is 2.46. The number of halogens is 1. The van der Waals surface area contributed by atoms with Crippen molar-refractivity contribution < 1.29 is 18.8 Å². The summed E-state index contributed by atoms with van der Waals surface area (Å²) < 4.78 is 23.8. The molecule has 0 aliphatic heterocycles. The SMILES string of the molecule is COc1ccc([N+](=O)[O-])cc1COc1ccccc1F. The Morgan fingerprint density at radius 1 is 1.20 bits per heavy atom. The van der Waals surface area contributed by atoms with Crippen molar-refractivity contribution in [1.82, 2.24) is 0 Å². The first-order chi connectivity index (χ1) is 9.61. The molecule has 2 aromatic rings. The Hall–Kier alpha value is -2.63. The van der Waals surface area contributed by atoms with Gasteiger partial charge in [0.15, 0.2) is 11.6 Å². The lowest BCUT2D eigenvalue weighted by atomic mass is 10.2. The highest BCUT2D eigenvalue weighted by Crippen LogP contribution is 2.26. The first kappa shape index (κ1) is 13.8. The van der Waals surface area contributed by atoms with Gasteiger partial charge in [0, 0.05) is 17.7 Å². The van der Waals surface area contributed by atoms with Crippen molar-refractivity contribution in [2.45, 2.75) is 6.61 Å². The molecule has 0 aliphatic carbocycles. The molecular weight excluding hydrogens is 265 g/mol. The molecule has 2 rings (SSSR count). The minimum absolute atomic E-state index is 0.0220. The minimum Gasteiger partial charge on any atom is -0.496 e. The van der Waals surface area contributed by atoms with Gasteiger partial charge in [-0.15, -0.1) is 0 Å².